The van der Waals surface area contributed by atoms with Crippen LogP contribution in [0.3, 0.4) is 0 Å². The molecule has 2 heteroatoms. The summed E-state index contributed by atoms with van der Waals surface area (Å²) in [6, 6.07) is 0. The maximum Gasteiger partial charge on any atom is 0.103 e. The van der Waals surface area contributed by atoms with E-state index in [1.54, 1.807) is 0 Å². The molecule has 0 radical (unpaired) electrons. The first-order valence-electron chi connectivity index (χ1n) is 4.53. The minimum absolute atomic E-state index is 0.0220. The molecule has 2 N–H and O–H groups in total. The normalized spacial score (nSPS) is 15.0. The van der Waals surface area contributed by atoms with Crippen LogP contribution in [0.5, 0.6) is 0 Å². The Labute approximate surface area is 70.1 Å². The van der Waals surface area contributed by atoms with Gasteiger partial charge in [-0.2, -0.15) is 0 Å². The standard InChI is InChI=1S/C9H21NO/c1-5-9(6-2,7-3)11-8(4)10/h8H,5-7,10H2,1-4H3. The molecule has 68 valence electrons. The van der Waals surface area contributed by atoms with Crippen molar-refractivity contribution in [2.75, 3.05) is 0 Å². The number of nitrogens with two attached hydrogens (primary N) is 1. The van der Waals surface area contributed by atoms with Crippen molar-refractivity contribution >= 4 is 0 Å². The lowest BCUT2D eigenvalue weighted by Crippen LogP contribution is -2.37. The van der Waals surface area contributed by atoms with Crippen molar-refractivity contribution in [3.63, 3.8) is 0 Å². The molecule has 0 aliphatic heterocycles. The highest BCUT2D eigenvalue weighted by Crippen LogP contribution is 2.24. The van der Waals surface area contributed by atoms with Crippen LogP contribution in [0.2, 0.25) is 0 Å². The van der Waals surface area contributed by atoms with E-state index >= 15 is 0 Å². The number of rotatable bonds is 5. The first-order chi connectivity index (χ1) is 5.10. The Bertz CT molecular complexity index is 89.5. The van der Waals surface area contributed by atoms with E-state index in [0.717, 1.165) is 19.3 Å². The van der Waals surface area contributed by atoms with Gasteiger partial charge in [0.15, 0.2) is 0 Å². The summed E-state index contributed by atoms with van der Waals surface area (Å²) in [5.41, 5.74) is 5.60. The van der Waals surface area contributed by atoms with Crippen LogP contribution in [-0.4, -0.2) is 11.8 Å². The lowest BCUT2D eigenvalue weighted by Gasteiger charge is -2.32. The quantitative estimate of drug-likeness (QED) is 0.625. The molecule has 0 saturated carbocycles. The molecule has 2 nitrogen and oxygen atoms in total. The summed E-state index contributed by atoms with van der Waals surface area (Å²) in [6.45, 7) is 8.33. The van der Waals surface area contributed by atoms with Crippen molar-refractivity contribution in [1.29, 1.82) is 0 Å². The van der Waals surface area contributed by atoms with Crippen LogP contribution >= 0.6 is 0 Å². The Balaban J connectivity index is 4.05. The van der Waals surface area contributed by atoms with Crippen molar-refractivity contribution < 1.29 is 4.74 Å². The molecule has 0 heterocycles. The third-order valence-electron chi connectivity index (χ3n) is 2.37. The summed E-state index contributed by atoms with van der Waals surface area (Å²) in [6.07, 6.45) is 2.99. The molecule has 0 saturated heterocycles. The molecule has 1 unspecified atom stereocenters. The second kappa shape index (κ2) is 4.73. The van der Waals surface area contributed by atoms with Crippen LogP contribution < -0.4 is 5.73 Å². The Morgan fingerprint density at radius 2 is 1.55 bits per heavy atom. The van der Waals surface area contributed by atoms with Crippen LogP contribution in [0.15, 0.2) is 0 Å². The second-order valence-electron chi connectivity index (χ2n) is 3.07. The number of hydrogen-bond acceptors (Lipinski definition) is 2. The van der Waals surface area contributed by atoms with Crippen molar-refractivity contribution in [2.45, 2.75) is 58.8 Å². The molecular formula is C9H21NO. The summed E-state index contributed by atoms with van der Waals surface area (Å²) in [4.78, 5) is 0. The predicted octanol–water partition coefficient (Wildman–Crippen LogP) is 2.28. The third-order valence-corrected chi connectivity index (χ3v) is 2.37. The summed E-state index contributed by atoms with van der Waals surface area (Å²) in [5, 5.41) is 0. The van der Waals surface area contributed by atoms with Crippen LogP contribution in [0.4, 0.5) is 0 Å². The lowest BCUT2D eigenvalue weighted by molar-refractivity contribution is -0.0918. The van der Waals surface area contributed by atoms with Crippen LogP contribution in [-0.2, 0) is 4.74 Å². The van der Waals surface area contributed by atoms with Crippen LogP contribution in [0.1, 0.15) is 47.0 Å². The summed E-state index contributed by atoms with van der Waals surface area (Å²) >= 11 is 0. The zero-order chi connectivity index (χ0) is 8.91. The zero-order valence-electron chi connectivity index (χ0n) is 8.18. The van der Waals surface area contributed by atoms with Crippen LogP contribution in [0, 0.1) is 0 Å². The molecule has 1 atom stereocenters. The minimum atomic E-state index is -0.144. The molecule has 11 heavy (non-hydrogen) atoms. The van der Waals surface area contributed by atoms with Gasteiger partial charge in [0.2, 0.25) is 0 Å². The average Bonchev–Trinajstić information content (AvgIpc) is 2.00. The fraction of sp³-hybridized carbons (Fsp3) is 1.00. The van der Waals surface area contributed by atoms with E-state index in [-0.39, 0.29) is 11.8 Å². The van der Waals surface area contributed by atoms with Gasteiger partial charge in [-0.25, -0.2) is 0 Å². The van der Waals surface area contributed by atoms with Gasteiger partial charge in [0.1, 0.15) is 6.23 Å². The fourth-order valence-corrected chi connectivity index (χ4v) is 1.39. The third kappa shape index (κ3) is 3.21. The van der Waals surface area contributed by atoms with Gasteiger partial charge in [-0.15, -0.1) is 0 Å². The maximum atomic E-state index is 5.66. The molecule has 0 aliphatic carbocycles. The first-order valence-corrected chi connectivity index (χ1v) is 4.53. The van der Waals surface area contributed by atoms with E-state index in [1.807, 2.05) is 6.92 Å². The SMILES string of the molecule is CCC(CC)(CC)OC(C)N. The van der Waals surface area contributed by atoms with Crippen molar-refractivity contribution in [2.24, 2.45) is 5.73 Å². The van der Waals surface area contributed by atoms with Crippen molar-refractivity contribution in [1.82, 2.24) is 0 Å². The second-order valence-corrected chi connectivity index (χ2v) is 3.07. The summed E-state index contributed by atoms with van der Waals surface area (Å²) in [5.74, 6) is 0. The van der Waals surface area contributed by atoms with Gasteiger partial charge in [-0.1, -0.05) is 20.8 Å². The van der Waals surface area contributed by atoms with Gasteiger partial charge in [0, 0.05) is 0 Å². The topological polar surface area (TPSA) is 35.2 Å². The van der Waals surface area contributed by atoms with Crippen LogP contribution in [0.25, 0.3) is 0 Å². The van der Waals surface area contributed by atoms with Gasteiger partial charge < -0.3 is 10.5 Å². The Kier molecular flexibility index (Phi) is 4.69. The Morgan fingerprint density at radius 1 is 1.18 bits per heavy atom. The van der Waals surface area contributed by atoms with Gasteiger partial charge in [0.05, 0.1) is 5.60 Å². The molecule has 0 amide bonds. The average molecular weight is 159 g/mol. The fourth-order valence-electron chi connectivity index (χ4n) is 1.39. The van der Waals surface area contributed by atoms with Crippen molar-refractivity contribution in [3.05, 3.63) is 0 Å². The molecule has 0 aromatic rings. The van der Waals surface area contributed by atoms with E-state index in [4.69, 9.17) is 10.5 Å². The van der Waals surface area contributed by atoms with E-state index in [1.165, 1.54) is 0 Å². The maximum absolute atomic E-state index is 5.66. The van der Waals surface area contributed by atoms with Gasteiger partial charge in [-0.05, 0) is 26.2 Å². The molecule has 0 rings (SSSR count). The molecular weight excluding hydrogens is 138 g/mol. The molecule has 0 fully saturated rings. The predicted molar refractivity (Wildman–Crippen MR) is 48.3 cm³/mol. The zero-order valence-corrected chi connectivity index (χ0v) is 8.18. The highest BCUT2D eigenvalue weighted by Gasteiger charge is 2.25. The van der Waals surface area contributed by atoms with E-state index in [9.17, 15) is 0 Å². The van der Waals surface area contributed by atoms with E-state index in [0.29, 0.717) is 0 Å². The number of ether oxygens (including phenoxy) is 1. The summed E-state index contributed by atoms with van der Waals surface area (Å²) in [7, 11) is 0. The summed E-state index contributed by atoms with van der Waals surface area (Å²) < 4.78 is 5.66. The highest BCUT2D eigenvalue weighted by molar-refractivity contribution is 4.76. The van der Waals surface area contributed by atoms with Gasteiger partial charge >= 0.3 is 0 Å². The smallest absolute Gasteiger partial charge is 0.103 e. The largest absolute Gasteiger partial charge is 0.357 e. The van der Waals surface area contributed by atoms with E-state index < -0.39 is 0 Å². The monoisotopic (exact) mass is 159 g/mol. The molecule has 0 aromatic carbocycles. The lowest BCUT2D eigenvalue weighted by atomic mass is 9.94. The molecule has 0 spiro atoms. The van der Waals surface area contributed by atoms with Gasteiger partial charge in [-0.3, -0.25) is 0 Å². The molecule has 0 aliphatic rings. The minimum Gasteiger partial charge on any atom is -0.357 e. The molecule has 0 aromatic heterocycles. The first kappa shape index (κ1) is 10.9. The van der Waals surface area contributed by atoms with Gasteiger partial charge in [0.25, 0.3) is 0 Å². The number of hydrogen-bond donors (Lipinski definition) is 1. The molecule has 0 bridgehead atoms. The van der Waals surface area contributed by atoms with E-state index in [2.05, 4.69) is 20.8 Å². The Hall–Kier alpha value is -0.0800. The Morgan fingerprint density at radius 3 is 1.64 bits per heavy atom. The highest BCUT2D eigenvalue weighted by atomic mass is 16.5. The van der Waals surface area contributed by atoms with Crippen molar-refractivity contribution in [3.8, 4) is 0 Å².